The summed E-state index contributed by atoms with van der Waals surface area (Å²) in [7, 11) is 0. The van der Waals surface area contributed by atoms with Gasteiger partial charge in [0.15, 0.2) is 0 Å². The van der Waals surface area contributed by atoms with Crippen molar-refractivity contribution in [3.63, 3.8) is 0 Å². The molecule has 0 aromatic heterocycles. The SMILES string of the molecule is CC1CCC(C2CCC(C)C(C)N2)NC1C. The maximum absolute atomic E-state index is 3.81. The number of piperidine rings is 2. The van der Waals surface area contributed by atoms with Crippen LogP contribution in [-0.4, -0.2) is 24.2 Å². The fourth-order valence-electron chi connectivity index (χ4n) is 3.19. The summed E-state index contributed by atoms with van der Waals surface area (Å²) in [5.41, 5.74) is 0. The van der Waals surface area contributed by atoms with Crippen molar-refractivity contribution in [3.8, 4) is 0 Å². The van der Waals surface area contributed by atoms with E-state index in [1.807, 2.05) is 0 Å². The van der Waals surface area contributed by atoms with Gasteiger partial charge in [-0.2, -0.15) is 0 Å². The first-order valence-corrected chi connectivity index (χ1v) is 7.10. The molecule has 2 heteroatoms. The van der Waals surface area contributed by atoms with Gasteiger partial charge in [-0.05, 0) is 51.4 Å². The van der Waals surface area contributed by atoms with Crippen molar-refractivity contribution in [2.24, 2.45) is 11.8 Å². The van der Waals surface area contributed by atoms with Gasteiger partial charge in [0.25, 0.3) is 0 Å². The fraction of sp³-hybridized carbons (Fsp3) is 1.00. The molecule has 2 fully saturated rings. The fourth-order valence-corrected chi connectivity index (χ4v) is 3.19. The van der Waals surface area contributed by atoms with Gasteiger partial charge in [-0.1, -0.05) is 13.8 Å². The molecule has 0 aromatic carbocycles. The first-order valence-electron chi connectivity index (χ1n) is 7.10. The zero-order valence-electron chi connectivity index (χ0n) is 11.3. The standard InChI is InChI=1S/C14H28N2/c1-9-5-7-13(15-11(9)3)14-8-6-10(2)12(4)16-14/h9-16H,5-8H2,1-4H3. The number of hydrogen-bond donors (Lipinski definition) is 2. The molecule has 0 bridgehead atoms. The Morgan fingerprint density at radius 1 is 0.625 bits per heavy atom. The van der Waals surface area contributed by atoms with E-state index in [9.17, 15) is 0 Å². The van der Waals surface area contributed by atoms with Crippen LogP contribution in [0.1, 0.15) is 53.4 Å². The van der Waals surface area contributed by atoms with Crippen molar-refractivity contribution in [1.82, 2.24) is 10.6 Å². The van der Waals surface area contributed by atoms with Crippen LogP contribution in [-0.2, 0) is 0 Å². The average Bonchev–Trinajstić information content (AvgIpc) is 2.26. The van der Waals surface area contributed by atoms with Crippen LogP contribution in [0.2, 0.25) is 0 Å². The Hall–Kier alpha value is -0.0800. The van der Waals surface area contributed by atoms with Crippen molar-refractivity contribution >= 4 is 0 Å². The largest absolute Gasteiger partial charge is 0.310 e. The normalized spacial score (nSPS) is 50.2. The average molecular weight is 224 g/mol. The van der Waals surface area contributed by atoms with E-state index in [1.54, 1.807) is 0 Å². The maximum Gasteiger partial charge on any atom is 0.0223 e. The van der Waals surface area contributed by atoms with Gasteiger partial charge in [0.05, 0.1) is 0 Å². The van der Waals surface area contributed by atoms with E-state index in [4.69, 9.17) is 0 Å². The molecule has 94 valence electrons. The van der Waals surface area contributed by atoms with Gasteiger partial charge in [-0.15, -0.1) is 0 Å². The van der Waals surface area contributed by atoms with Crippen molar-refractivity contribution in [2.45, 2.75) is 77.5 Å². The van der Waals surface area contributed by atoms with Gasteiger partial charge in [0, 0.05) is 24.2 Å². The van der Waals surface area contributed by atoms with E-state index >= 15 is 0 Å². The quantitative estimate of drug-likeness (QED) is 0.715. The highest BCUT2D eigenvalue weighted by molar-refractivity contribution is 4.94. The van der Waals surface area contributed by atoms with Crippen LogP contribution in [0.15, 0.2) is 0 Å². The Morgan fingerprint density at radius 3 is 1.31 bits per heavy atom. The second-order valence-corrected chi connectivity index (χ2v) is 6.23. The minimum atomic E-state index is 0.690. The van der Waals surface area contributed by atoms with Crippen LogP contribution in [0.4, 0.5) is 0 Å². The Morgan fingerprint density at radius 2 is 1.00 bits per heavy atom. The highest BCUT2D eigenvalue weighted by Gasteiger charge is 2.33. The summed E-state index contributed by atoms with van der Waals surface area (Å²) in [6, 6.07) is 2.80. The lowest BCUT2D eigenvalue weighted by Gasteiger charge is -2.43. The Bertz CT molecular complexity index is 205. The van der Waals surface area contributed by atoms with E-state index in [2.05, 4.69) is 38.3 Å². The van der Waals surface area contributed by atoms with Gasteiger partial charge >= 0.3 is 0 Å². The molecule has 2 nitrogen and oxygen atoms in total. The summed E-state index contributed by atoms with van der Waals surface area (Å²) in [6.07, 6.45) is 5.48. The number of nitrogens with one attached hydrogen (secondary N) is 2. The predicted molar refractivity (Wildman–Crippen MR) is 69.6 cm³/mol. The van der Waals surface area contributed by atoms with E-state index in [0.717, 1.165) is 11.8 Å². The molecule has 2 heterocycles. The summed E-state index contributed by atoms with van der Waals surface area (Å²) < 4.78 is 0. The van der Waals surface area contributed by atoms with Crippen LogP contribution >= 0.6 is 0 Å². The molecule has 2 aliphatic heterocycles. The van der Waals surface area contributed by atoms with E-state index in [-0.39, 0.29) is 0 Å². The third-order valence-electron chi connectivity index (χ3n) is 5.01. The highest BCUT2D eigenvalue weighted by Crippen LogP contribution is 2.26. The summed E-state index contributed by atoms with van der Waals surface area (Å²) in [6.45, 7) is 9.41. The molecule has 0 saturated carbocycles. The molecule has 2 rings (SSSR count). The van der Waals surface area contributed by atoms with Gasteiger partial charge < -0.3 is 10.6 Å². The van der Waals surface area contributed by atoms with Gasteiger partial charge in [0.2, 0.25) is 0 Å². The summed E-state index contributed by atoms with van der Waals surface area (Å²) in [5.74, 6) is 1.69. The molecule has 16 heavy (non-hydrogen) atoms. The predicted octanol–water partition coefficient (Wildman–Crippen LogP) is 2.54. The third-order valence-corrected chi connectivity index (χ3v) is 5.01. The van der Waals surface area contributed by atoms with Crippen molar-refractivity contribution in [3.05, 3.63) is 0 Å². The first kappa shape index (κ1) is 12.4. The topological polar surface area (TPSA) is 24.1 Å². The lowest BCUT2D eigenvalue weighted by Crippen LogP contribution is -2.59. The van der Waals surface area contributed by atoms with E-state index < -0.39 is 0 Å². The van der Waals surface area contributed by atoms with Crippen molar-refractivity contribution in [1.29, 1.82) is 0 Å². The summed E-state index contributed by atoms with van der Waals surface area (Å²) in [5, 5.41) is 7.62. The van der Waals surface area contributed by atoms with Crippen LogP contribution < -0.4 is 10.6 Å². The lowest BCUT2D eigenvalue weighted by molar-refractivity contribution is 0.166. The summed E-state index contributed by atoms with van der Waals surface area (Å²) in [4.78, 5) is 0. The highest BCUT2D eigenvalue weighted by atomic mass is 15.1. The molecule has 0 amide bonds. The van der Waals surface area contributed by atoms with Crippen molar-refractivity contribution < 1.29 is 0 Å². The number of hydrogen-bond acceptors (Lipinski definition) is 2. The van der Waals surface area contributed by atoms with Gasteiger partial charge in [0.1, 0.15) is 0 Å². The molecule has 2 N–H and O–H groups in total. The third kappa shape index (κ3) is 2.60. The van der Waals surface area contributed by atoms with Gasteiger partial charge in [-0.25, -0.2) is 0 Å². The Kier molecular flexibility index (Phi) is 3.91. The minimum Gasteiger partial charge on any atom is -0.310 e. The van der Waals surface area contributed by atoms with Crippen LogP contribution in [0.25, 0.3) is 0 Å². The van der Waals surface area contributed by atoms with Crippen LogP contribution in [0.3, 0.4) is 0 Å². The first-order chi connectivity index (χ1) is 7.58. The molecule has 2 saturated heterocycles. The zero-order valence-corrected chi connectivity index (χ0v) is 11.3. The Labute approximate surface area is 101 Å². The molecular formula is C14H28N2. The molecule has 6 atom stereocenters. The lowest BCUT2D eigenvalue weighted by atomic mass is 9.81. The molecular weight excluding hydrogens is 196 g/mol. The zero-order chi connectivity index (χ0) is 11.7. The smallest absolute Gasteiger partial charge is 0.0223 e. The maximum atomic E-state index is 3.81. The van der Waals surface area contributed by atoms with Crippen LogP contribution in [0.5, 0.6) is 0 Å². The molecule has 0 aromatic rings. The molecule has 6 unspecified atom stereocenters. The minimum absolute atomic E-state index is 0.690. The second kappa shape index (κ2) is 5.05. The number of rotatable bonds is 1. The molecule has 0 radical (unpaired) electrons. The van der Waals surface area contributed by atoms with Crippen LogP contribution in [0, 0.1) is 11.8 Å². The molecule has 0 aliphatic carbocycles. The Balaban J connectivity index is 1.88. The molecule has 0 spiro atoms. The van der Waals surface area contributed by atoms with Gasteiger partial charge in [-0.3, -0.25) is 0 Å². The van der Waals surface area contributed by atoms with E-state index in [0.29, 0.717) is 24.2 Å². The summed E-state index contributed by atoms with van der Waals surface area (Å²) >= 11 is 0. The second-order valence-electron chi connectivity index (χ2n) is 6.23. The van der Waals surface area contributed by atoms with Crippen molar-refractivity contribution in [2.75, 3.05) is 0 Å². The van der Waals surface area contributed by atoms with E-state index in [1.165, 1.54) is 25.7 Å². The molecule has 2 aliphatic rings. The monoisotopic (exact) mass is 224 g/mol.